The highest BCUT2D eigenvalue weighted by molar-refractivity contribution is 6.81. The Bertz CT molecular complexity index is 299. The summed E-state index contributed by atoms with van der Waals surface area (Å²) in [4.78, 5) is 0. The van der Waals surface area contributed by atoms with E-state index in [2.05, 4.69) is 49.5 Å². The molecule has 0 spiro atoms. The lowest BCUT2D eigenvalue weighted by atomic mass is 10.4. The van der Waals surface area contributed by atoms with E-state index in [1.807, 2.05) is 11.7 Å². The van der Waals surface area contributed by atoms with E-state index in [1.54, 1.807) is 0 Å². The van der Waals surface area contributed by atoms with Crippen molar-refractivity contribution in [1.82, 2.24) is 9.78 Å². The van der Waals surface area contributed by atoms with Crippen LogP contribution in [0.1, 0.15) is 11.4 Å². The van der Waals surface area contributed by atoms with Crippen LogP contribution < -0.4 is 0 Å². The predicted octanol–water partition coefficient (Wildman–Crippen LogP) is 2.62. The summed E-state index contributed by atoms with van der Waals surface area (Å²) >= 11 is 0. The maximum atomic E-state index is 4.37. The maximum Gasteiger partial charge on any atom is 0.0846 e. The van der Waals surface area contributed by atoms with Gasteiger partial charge in [-0.3, -0.25) is 4.68 Å². The Balaban J connectivity index is 2.81. The highest BCUT2D eigenvalue weighted by atomic mass is 28.3. The van der Waals surface area contributed by atoms with Crippen molar-refractivity contribution in [3.8, 4) is 0 Å². The average molecular weight is 194 g/mol. The van der Waals surface area contributed by atoms with Gasteiger partial charge in [0.15, 0.2) is 0 Å². The fourth-order valence-electron chi connectivity index (χ4n) is 1.01. The third-order valence-electron chi connectivity index (χ3n) is 1.89. The number of rotatable bonds is 2. The second-order valence-electron chi connectivity index (χ2n) is 4.53. The molecule has 1 heterocycles. The van der Waals surface area contributed by atoms with Crippen molar-refractivity contribution in [2.45, 2.75) is 26.6 Å². The molecule has 0 atom stereocenters. The minimum Gasteiger partial charge on any atom is -0.272 e. The molecule has 0 amide bonds. The third-order valence-corrected chi connectivity index (χ3v) is 3.05. The number of hydrogen-bond acceptors (Lipinski definition) is 1. The summed E-state index contributed by atoms with van der Waals surface area (Å²) in [5.41, 5.74) is 4.59. The van der Waals surface area contributed by atoms with Gasteiger partial charge in [0.1, 0.15) is 0 Å². The van der Waals surface area contributed by atoms with Crippen LogP contribution in [0.2, 0.25) is 19.6 Å². The molecule has 0 fully saturated rings. The number of aryl methyl sites for hydroxylation is 2. The minimum absolute atomic E-state index is 1.07. The summed E-state index contributed by atoms with van der Waals surface area (Å²) in [5.74, 6) is 0. The van der Waals surface area contributed by atoms with Crippen LogP contribution in [-0.2, 0) is 7.05 Å². The summed E-state index contributed by atoms with van der Waals surface area (Å²) < 4.78 is 1.91. The van der Waals surface area contributed by atoms with Gasteiger partial charge in [-0.25, -0.2) is 0 Å². The Morgan fingerprint density at radius 1 is 1.38 bits per heavy atom. The van der Waals surface area contributed by atoms with Crippen LogP contribution in [0.3, 0.4) is 0 Å². The first-order valence-electron chi connectivity index (χ1n) is 4.58. The molecule has 0 aliphatic heterocycles. The molecule has 0 aromatic carbocycles. The summed E-state index contributed by atoms with van der Waals surface area (Å²) in [7, 11) is 0.895. The normalized spacial score (nSPS) is 12.7. The standard InChI is InChI=1S/C10H18N2Si/c1-9-8-10(11-12(9)2)6-7-13(3,4)5/h6-8H,1-5H3/b7-6-. The molecule has 0 unspecified atom stereocenters. The molecular weight excluding hydrogens is 176 g/mol. The first-order chi connectivity index (χ1) is 5.88. The molecule has 0 bridgehead atoms. The van der Waals surface area contributed by atoms with Crippen LogP contribution >= 0.6 is 0 Å². The summed E-state index contributed by atoms with van der Waals surface area (Å²) in [6.45, 7) is 9.02. The molecular formula is C10H18N2Si. The van der Waals surface area contributed by atoms with E-state index in [4.69, 9.17) is 0 Å². The van der Waals surface area contributed by atoms with Crippen molar-refractivity contribution in [2.24, 2.45) is 7.05 Å². The lowest BCUT2D eigenvalue weighted by Gasteiger charge is -2.06. The van der Waals surface area contributed by atoms with Crippen LogP contribution in [0.15, 0.2) is 11.8 Å². The van der Waals surface area contributed by atoms with Crippen LogP contribution in [0, 0.1) is 6.92 Å². The number of nitrogens with zero attached hydrogens (tertiary/aromatic N) is 2. The topological polar surface area (TPSA) is 17.8 Å². The zero-order chi connectivity index (χ0) is 10.1. The van der Waals surface area contributed by atoms with Gasteiger partial charge in [-0.15, -0.1) is 0 Å². The molecule has 0 aliphatic rings. The summed E-state index contributed by atoms with van der Waals surface area (Å²) in [6.07, 6.45) is 2.14. The Kier molecular flexibility index (Phi) is 2.76. The molecule has 72 valence electrons. The van der Waals surface area contributed by atoms with Gasteiger partial charge < -0.3 is 0 Å². The fourth-order valence-corrected chi connectivity index (χ4v) is 1.68. The third kappa shape index (κ3) is 3.18. The van der Waals surface area contributed by atoms with Crippen LogP contribution in [0.25, 0.3) is 6.08 Å². The van der Waals surface area contributed by atoms with Crippen molar-refractivity contribution >= 4 is 14.1 Å². The highest BCUT2D eigenvalue weighted by Crippen LogP contribution is 2.08. The van der Waals surface area contributed by atoms with Crippen molar-refractivity contribution in [3.63, 3.8) is 0 Å². The van der Waals surface area contributed by atoms with E-state index >= 15 is 0 Å². The predicted molar refractivity (Wildman–Crippen MR) is 60.3 cm³/mol. The van der Waals surface area contributed by atoms with Crippen LogP contribution in [0.5, 0.6) is 0 Å². The monoisotopic (exact) mass is 194 g/mol. The first-order valence-corrected chi connectivity index (χ1v) is 8.16. The van der Waals surface area contributed by atoms with Gasteiger partial charge in [-0.2, -0.15) is 5.10 Å². The van der Waals surface area contributed by atoms with E-state index in [1.165, 1.54) is 5.69 Å². The van der Waals surface area contributed by atoms with Crippen LogP contribution in [0.4, 0.5) is 0 Å². The lowest BCUT2D eigenvalue weighted by molar-refractivity contribution is 0.737. The largest absolute Gasteiger partial charge is 0.272 e. The lowest BCUT2D eigenvalue weighted by Crippen LogP contribution is -2.15. The first kappa shape index (κ1) is 10.2. The van der Waals surface area contributed by atoms with Crippen molar-refractivity contribution < 1.29 is 0 Å². The second kappa shape index (κ2) is 3.50. The Morgan fingerprint density at radius 3 is 2.38 bits per heavy atom. The molecule has 13 heavy (non-hydrogen) atoms. The molecule has 2 nitrogen and oxygen atoms in total. The fraction of sp³-hybridized carbons (Fsp3) is 0.500. The molecule has 0 aliphatic carbocycles. The Morgan fingerprint density at radius 2 is 2.00 bits per heavy atom. The minimum atomic E-state index is -1.08. The zero-order valence-electron chi connectivity index (χ0n) is 9.13. The van der Waals surface area contributed by atoms with E-state index < -0.39 is 8.07 Å². The van der Waals surface area contributed by atoms with Gasteiger partial charge in [0, 0.05) is 12.7 Å². The molecule has 1 aromatic rings. The van der Waals surface area contributed by atoms with Gasteiger partial charge in [-0.1, -0.05) is 25.3 Å². The van der Waals surface area contributed by atoms with Crippen molar-refractivity contribution in [3.05, 3.63) is 23.2 Å². The van der Waals surface area contributed by atoms with Gasteiger partial charge >= 0.3 is 0 Å². The van der Waals surface area contributed by atoms with E-state index in [9.17, 15) is 0 Å². The average Bonchev–Trinajstić information content (AvgIpc) is 2.27. The van der Waals surface area contributed by atoms with E-state index in [-0.39, 0.29) is 0 Å². The molecule has 0 saturated heterocycles. The maximum absolute atomic E-state index is 4.37. The second-order valence-corrected chi connectivity index (χ2v) is 9.60. The smallest absolute Gasteiger partial charge is 0.0846 e. The molecule has 3 heteroatoms. The highest BCUT2D eigenvalue weighted by Gasteiger charge is 2.07. The number of aromatic nitrogens is 2. The molecule has 0 radical (unpaired) electrons. The van der Waals surface area contributed by atoms with E-state index in [0.29, 0.717) is 0 Å². The van der Waals surface area contributed by atoms with Crippen LogP contribution in [-0.4, -0.2) is 17.9 Å². The molecule has 1 rings (SSSR count). The Labute approximate surface area is 81.3 Å². The number of hydrogen-bond donors (Lipinski definition) is 0. The summed E-state index contributed by atoms with van der Waals surface area (Å²) in [6, 6.07) is 2.11. The van der Waals surface area contributed by atoms with Crippen molar-refractivity contribution in [2.75, 3.05) is 0 Å². The van der Waals surface area contributed by atoms with Gasteiger partial charge in [-0.05, 0) is 19.1 Å². The van der Waals surface area contributed by atoms with Crippen molar-refractivity contribution in [1.29, 1.82) is 0 Å². The van der Waals surface area contributed by atoms with Gasteiger partial charge in [0.25, 0.3) is 0 Å². The summed E-state index contributed by atoms with van der Waals surface area (Å²) in [5, 5.41) is 4.37. The quantitative estimate of drug-likeness (QED) is 0.662. The molecule has 1 aromatic heterocycles. The van der Waals surface area contributed by atoms with Gasteiger partial charge in [0.2, 0.25) is 0 Å². The van der Waals surface area contributed by atoms with E-state index in [0.717, 1.165) is 5.69 Å². The Hall–Kier alpha value is -0.833. The molecule has 0 N–H and O–H groups in total. The SMILES string of the molecule is Cc1cc(/C=C\[Si](C)(C)C)nn1C. The zero-order valence-corrected chi connectivity index (χ0v) is 10.1. The van der Waals surface area contributed by atoms with Gasteiger partial charge in [0.05, 0.1) is 13.8 Å². The molecule has 0 saturated carbocycles.